The maximum Gasteiger partial charge on any atom is 0.266 e. The maximum atomic E-state index is 14.6. The molecule has 0 spiro atoms. The lowest BCUT2D eigenvalue weighted by molar-refractivity contribution is 0.569. The van der Waals surface area contributed by atoms with Crippen molar-refractivity contribution in [3.8, 4) is 0 Å². The van der Waals surface area contributed by atoms with Gasteiger partial charge in [0.1, 0.15) is 10.7 Å². The molecule has 1 atom stereocenters. The van der Waals surface area contributed by atoms with Crippen molar-refractivity contribution in [1.82, 2.24) is 10.3 Å². The van der Waals surface area contributed by atoms with Crippen LogP contribution >= 0.6 is 22.9 Å². The van der Waals surface area contributed by atoms with Crippen LogP contribution in [0.1, 0.15) is 5.56 Å². The van der Waals surface area contributed by atoms with Crippen LogP contribution in [0.4, 0.5) is 15.2 Å². The summed E-state index contributed by atoms with van der Waals surface area (Å²) in [5, 5.41) is 8.17. The van der Waals surface area contributed by atoms with Crippen LogP contribution in [-0.4, -0.2) is 33.0 Å². The van der Waals surface area contributed by atoms with Crippen molar-refractivity contribution in [3.63, 3.8) is 0 Å². The van der Waals surface area contributed by atoms with Gasteiger partial charge in [-0.15, -0.1) is 11.3 Å². The third-order valence-electron chi connectivity index (χ3n) is 4.24. The number of benzene rings is 2. The van der Waals surface area contributed by atoms with E-state index in [1.807, 2.05) is 37.4 Å². The molecule has 3 N–H and O–H groups in total. The number of halogens is 2. The second-order valence-electron chi connectivity index (χ2n) is 6.26. The maximum absolute atomic E-state index is 14.6. The first-order valence-electron chi connectivity index (χ1n) is 8.75. The van der Waals surface area contributed by atoms with E-state index in [0.717, 1.165) is 29.9 Å². The molecule has 1 aromatic heterocycles. The molecular weight excluding hydrogens is 435 g/mol. The predicted octanol–water partition coefficient (Wildman–Crippen LogP) is 3.98. The van der Waals surface area contributed by atoms with Gasteiger partial charge in [0, 0.05) is 24.2 Å². The number of sulfonamides is 1. The van der Waals surface area contributed by atoms with Crippen molar-refractivity contribution in [1.29, 1.82) is 0 Å². The zero-order valence-electron chi connectivity index (χ0n) is 15.5. The molecule has 1 heterocycles. The number of nitrogens with one attached hydrogen (secondary N) is 3. The average Bonchev–Trinajstić information content (AvgIpc) is 3.20. The van der Waals surface area contributed by atoms with E-state index in [4.69, 9.17) is 11.6 Å². The van der Waals surface area contributed by atoms with Gasteiger partial charge in [-0.05, 0) is 31.2 Å². The van der Waals surface area contributed by atoms with Crippen molar-refractivity contribution < 1.29 is 12.8 Å². The smallest absolute Gasteiger partial charge is 0.266 e. The summed E-state index contributed by atoms with van der Waals surface area (Å²) in [5.74, 6) is -0.898. The topological polar surface area (TPSA) is 83.1 Å². The zero-order valence-corrected chi connectivity index (χ0v) is 17.9. The summed E-state index contributed by atoms with van der Waals surface area (Å²) in [4.78, 5) is 3.31. The van der Waals surface area contributed by atoms with E-state index in [9.17, 15) is 12.8 Å². The van der Waals surface area contributed by atoms with Crippen LogP contribution < -0.4 is 15.4 Å². The lowest BCUT2D eigenvalue weighted by atomic mass is 10.1. The van der Waals surface area contributed by atoms with Gasteiger partial charge < -0.3 is 10.6 Å². The number of aromatic nitrogens is 1. The van der Waals surface area contributed by atoms with Gasteiger partial charge in [0.15, 0.2) is 5.13 Å². The molecule has 154 valence electrons. The van der Waals surface area contributed by atoms with E-state index in [-0.39, 0.29) is 16.2 Å². The Bertz CT molecular complexity index is 1050. The van der Waals surface area contributed by atoms with Crippen LogP contribution in [0.15, 0.2) is 58.9 Å². The summed E-state index contributed by atoms with van der Waals surface area (Å²) >= 11 is 7.32. The Hall–Kier alpha value is -2.20. The molecule has 0 aliphatic rings. The van der Waals surface area contributed by atoms with Gasteiger partial charge in [-0.2, -0.15) is 0 Å². The van der Waals surface area contributed by atoms with Crippen molar-refractivity contribution in [2.24, 2.45) is 0 Å². The Morgan fingerprint density at radius 1 is 1.24 bits per heavy atom. The Kier molecular flexibility index (Phi) is 7.07. The van der Waals surface area contributed by atoms with Gasteiger partial charge in [-0.25, -0.2) is 17.8 Å². The first-order valence-corrected chi connectivity index (χ1v) is 11.5. The molecule has 3 aromatic rings. The second-order valence-corrected chi connectivity index (χ2v) is 9.21. The van der Waals surface area contributed by atoms with E-state index >= 15 is 0 Å². The fourth-order valence-electron chi connectivity index (χ4n) is 2.72. The van der Waals surface area contributed by atoms with Gasteiger partial charge >= 0.3 is 0 Å². The standard InChI is InChI=1S/C19H20ClFN4O2S2/c1-22-14(9-13-5-3-2-4-6-13)12-24-17-11-16(21)18(10-15(17)20)29(26,27)25-19-23-7-8-28-19/h2-8,10-11,14,22,24H,9,12H2,1H3,(H,23,25). The molecule has 0 amide bonds. The van der Waals surface area contributed by atoms with Gasteiger partial charge in [0.25, 0.3) is 10.0 Å². The summed E-state index contributed by atoms with van der Waals surface area (Å²) < 4.78 is 41.6. The van der Waals surface area contributed by atoms with Gasteiger partial charge in [0.05, 0.1) is 10.7 Å². The Morgan fingerprint density at radius 2 is 2.00 bits per heavy atom. The summed E-state index contributed by atoms with van der Waals surface area (Å²) in [5.41, 5.74) is 1.49. The van der Waals surface area contributed by atoms with Crippen molar-refractivity contribution in [2.45, 2.75) is 17.4 Å². The van der Waals surface area contributed by atoms with E-state index < -0.39 is 20.7 Å². The Balaban J connectivity index is 1.71. The minimum atomic E-state index is -4.13. The van der Waals surface area contributed by atoms with Crippen molar-refractivity contribution >= 4 is 43.8 Å². The Morgan fingerprint density at radius 3 is 2.66 bits per heavy atom. The van der Waals surface area contributed by atoms with Crippen LogP contribution in [-0.2, 0) is 16.4 Å². The molecule has 0 bridgehead atoms. The number of nitrogens with zero attached hydrogens (tertiary/aromatic N) is 1. The summed E-state index contributed by atoms with van der Waals surface area (Å²) in [6, 6.07) is 12.2. The molecule has 2 aromatic carbocycles. The molecule has 0 radical (unpaired) electrons. The minimum Gasteiger partial charge on any atom is -0.382 e. The van der Waals surface area contributed by atoms with E-state index in [1.54, 1.807) is 5.38 Å². The summed E-state index contributed by atoms with van der Waals surface area (Å²) in [7, 11) is -2.29. The molecule has 10 heteroatoms. The van der Waals surface area contributed by atoms with E-state index in [1.165, 1.54) is 11.8 Å². The van der Waals surface area contributed by atoms with Crippen LogP contribution in [0, 0.1) is 5.82 Å². The van der Waals surface area contributed by atoms with Crippen molar-refractivity contribution in [3.05, 3.63) is 70.4 Å². The Labute approximate surface area is 178 Å². The molecule has 29 heavy (non-hydrogen) atoms. The zero-order chi connectivity index (χ0) is 20.9. The highest BCUT2D eigenvalue weighted by molar-refractivity contribution is 7.93. The number of hydrogen-bond acceptors (Lipinski definition) is 6. The molecule has 3 rings (SSSR count). The SMILES string of the molecule is CNC(CNc1cc(F)c(S(=O)(=O)Nc2nccs2)cc1Cl)Cc1ccccc1. The normalized spacial score (nSPS) is 12.5. The van der Waals surface area contributed by atoms with E-state index in [0.29, 0.717) is 12.2 Å². The minimum absolute atomic E-state index is 0.0755. The highest BCUT2D eigenvalue weighted by Gasteiger charge is 2.22. The number of thiazole rings is 1. The second kappa shape index (κ2) is 9.53. The van der Waals surface area contributed by atoms with Gasteiger partial charge in [-0.1, -0.05) is 41.9 Å². The molecular formula is C19H20ClFN4O2S2. The van der Waals surface area contributed by atoms with Crippen LogP contribution in [0.3, 0.4) is 0 Å². The predicted molar refractivity (Wildman–Crippen MR) is 116 cm³/mol. The van der Waals surface area contributed by atoms with Gasteiger partial charge in [0.2, 0.25) is 0 Å². The third kappa shape index (κ3) is 5.66. The van der Waals surface area contributed by atoms with Gasteiger partial charge in [-0.3, -0.25) is 4.72 Å². The summed E-state index contributed by atoms with van der Waals surface area (Å²) in [6.07, 6.45) is 2.22. The molecule has 1 unspecified atom stereocenters. The molecule has 0 aliphatic carbocycles. The lowest BCUT2D eigenvalue weighted by Gasteiger charge is -2.19. The molecule has 0 aliphatic heterocycles. The number of rotatable bonds is 9. The highest BCUT2D eigenvalue weighted by atomic mass is 35.5. The first kappa shape index (κ1) is 21.5. The highest BCUT2D eigenvalue weighted by Crippen LogP contribution is 2.29. The van der Waals surface area contributed by atoms with Crippen molar-refractivity contribution in [2.75, 3.05) is 23.6 Å². The molecule has 6 nitrogen and oxygen atoms in total. The fraction of sp³-hybridized carbons (Fsp3) is 0.211. The molecule has 0 fully saturated rings. The largest absolute Gasteiger partial charge is 0.382 e. The fourth-order valence-corrected chi connectivity index (χ4v) is 4.89. The summed E-state index contributed by atoms with van der Waals surface area (Å²) in [6.45, 7) is 0.480. The number of hydrogen-bond donors (Lipinski definition) is 3. The quantitative estimate of drug-likeness (QED) is 0.455. The number of anilines is 2. The van der Waals surface area contributed by atoms with Crippen LogP contribution in [0.5, 0.6) is 0 Å². The lowest BCUT2D eigenvalue weighted by Crippen LogP contribution is -2.34. The third-order valence-corrected chi connectivity index (χ3v) is 6.72. The van der Waals surface area contributed by atoms with Crippen LogP contribution in [0.2, 0.25) is 5.02 Å². The molecule has 0 saturated carbocycles. The number of likely N-dealkylation sites (N-methyl/N-ethyl adjacent to an activating group) is 1. The van der Waals surface area contributed by atoms with Crippen LogP contribution in [0.25, 0.3) is 0 Å². The average molecular weight is 455 g/mol. The molecule has 0 saturated heterocycles. The first-order chi connectivity index (χ1) is 13.9. The van der Waals surface area contributed by atoms with E-state index in [2.05, 4.69) is 20.3 Å². The monoisotopic (exact) mass is 454 g/mol.